The van der Waals surface area contributed by atoms with Crippen LogP contribution in [0, 0.1) is 10.5 Å². The monoisotopic (exact) mass is 695 g/mol. The number of esters is 1. The van der Waals surface area contributed by atoms with Crippen LogP contribution in [0.4, 0.5) is 0 Å². The number of aliphatic imine (C=N–C) groups is 1. The van der Waals surface area contributed by atoms with Crippen LogP contribution in [-0.2, 0) is 16.1 Å². The zero-order valence-corrected chi connectivity index (χ0v) is 23.7. The molecule has 0 bridgehead atoms. The second kappa shape index (κ2) is 11.0. The number of rotatable bonds is 7. The fourth-order valence-corrected chi connectivity index (χ4v) is 4.52. The molecule has 3 aromatic carbocycles. The third-order valence-corrected chi connectivity index (χ3v) is 7.85. The summed E-state index contributed by atoms with van der Waals surface area (Å²) in [6.45, 7) is 4.84. The summed E-state index contributed by atoms with van der Waals surface area (Å²) in [5, 5.41) is 0. The summed E-state index contributed by atoms with van der Waals surface area (Å²) in [5.74, 6) is 0.952. The van der Waals surface area contributed by atoms with Crippen molar-refractivity contribution < 1.29 is 19.0 Å². The Morgan fingerprint density at radius 1 is 1.03 bits per heavy atom. The molecule has 1 aliphatic heterocycles. The van der Waals surface area contributed by atoms with Gasteiger partial charge in [0, 0.05) is 13.6 Å². The van der Waals surface area contributed by atoms with E-state index < -0.39 is 5.97 Å². The van der Waals surface area contributed by atoms with E-state index in [2.05, 4.69) is 71.6 Å². The lowest BCUT2D eigenvalue weighted by molar-refractivity contribution is -0.129. The quantitative estimate of drug-likeness (QED) is 0.146. The molecule has 34 heavy (non-hydrogen) atoms. The largest absolute Gasteiger partial charge is 0.490 e. The zero-order valence-electron chi connectivity index (χ0n) is 18.4. The van der Waals surface area contributed by atoms with Gasteiger partial charge in [-0.2, -0.15) is 0 Å². The molecule has 3 aromatic rings. The molecule has 0 aromatic heterocycles. The van der Waals surface area contributed by atoms with Gasteiger partial charge in [-0.1, -0.05) is 29.8 Å². The second-order valence-corrected chi connectivity index (χ2v) is 10.4. The number of hydrogen-bond acceptors (Lipinski definition) is 5. The first-order valence-corrected chi connectivity index (χ1v) is 13.1. The van der Waals surface area contributed by atoms with Crippen molar-refractivity contribution in [3.8, 4) is 11.5 Å². The van der Waals surface area contributed by atoms with E-state index in [1.807, 2.05) is 56.3 Å². The van der Waals surface area contributed by atoms with Gasteiger partial charge in [0.25, 0.3) is 0 Å². The van der Waals surface area contributed by atoms with Crippen molar-refractivity contribution in [1.29, 1.82) is 0 Å². The van der Waals surface area contributed by atoms with Crippen LogP contribution in [0.5, 0.6) is 11.5 Å². The van der Waals surface area contributed by atoms with Crippen LogP contribution in [0.2, 0.25) is 0 Å². The Hall–Kier alpha value is -2.17. The van der Waals surface area contributed by atoms with Crippen LogP contribution in [0.3, 0.4) is 0 Å². The summed E-state index contributed by atoms with van der Waals surface area (Å²) in [4.78, 5) is 16.9. The van der Waals surface area contributed by atoms with E-state index in [0.29, 0.717) is 24.7 Å². The summed E-state index contributed by atoms with van der Waals surface area (Å²) in [6.07, 6.45) is 1.67. The van der Waals surface area contributed by atoms with Crippen LogP contribution in [0.1, 0.15) is 29.2 Å². The molecule has 174 valence electrons. The predicted octanol–water partition coefficient (Wildman–Crippen LogP) is 7.45. The second-order valence-electron chi connectivity index (χ2n) is 7.50. The van der Waals surface area contributed by atoms with Crippen LogP contribution < -0.4 is 9.47 Å². The van der Waals surface area contributed by atoms with E-state index in [1.165, 1.54) is 5.56 Å². The highest BCUT2D eigenvalue weighted by molar-refractivity contribution is 14.1. The van der Waals surface area contributed by atoms with E-state index in [9.17, 15) is 4.79 Å². The molecule has 1 aliphatic rings. The minimum Gasteiger partial charge on any atom is -0.490 e. The Kier molecular flexibility index (Phi) is 8.10. The number of carbonyl (C=O) groups is 1. The lowest BCUT2D eigenvalue weighted by atomic mass is 10.1. The summed E-state index contributed by atoms with van der Waals surface area (Å²) in [6, 6.07) is 17.5. The van der Waals surface area contributed by atoms with Crippen molar-refractivity contribution >= 4 is 72.4 Å². The number of cyclic esters (lactones) is 1. The molecule has 0 saturated carbocycles. The molecule has 0 unspecified atom stereocenters. The van der Waals surface area contributed by atoms with Crippen LogP contribution in [-0.4, -0.2) is 18.5 Å². The fraction of sp³-hybridized carbons (Fsp3) is 0.154. The number of nitrogens with zero attached hydrogens (tertiary/aromatic N) is 1. The maximum atomic E-state index is 12.5. The molecule has 0 N–H and O–H groups in total. The molecule has 0 fully saturated rings. The van der Waals surface area contributed by atoms with E-state index in [1.54, 1.807) is 6.08 Å². The molecule has 8 heteroatoms. The van der Waals surface area contributed by atoms with E-state index in [4.69, 9.17) is 14.2 Å². The number of hydrogen-bond donors (Lipinski definition) is 0. The summed E-state index contributed by atoms with van der Waals surface area (Å²) in [5.41, 5.74) is 3.93. The Bertz CT molecular complexity index is 1300. The molecule has 1 heterocycles. The standard InChI is InChI=1S/C26H20Br2INO4/c1-3-32-23-12-17(10-20(28)24(23)33-14-16-6-4-15(2)5-7-16)11-22-26(31)34-25(30-22)18-8-9-21(29)19(27)13-18/h4-13H,3,14H2,1-2H3/b22-11-. The molecule has 0 amide bonds. The Labute approximate surface area is 228 Å². The van der Waals surface area contributed by atoms with Gasteiger partial charge in [0.1, 0.15) is 6.61 Å². The van der Waals surface area contributed by atoms with Crippen LogP contribution >= 0.6 is 54.5 Å². The van der Waals surface area contributed by atoms with E-state index in [0.717, 1.165) is 29.2 Å². The van der Waals surface area contributed by atoms with Crippen molar-refractivity contribution in [2.45, 2.75) is 20.5 Å². The SMILES string of the molecule is CCOc1cc(/C=C2\N=C(c3ccc(I)c(Br)c3)OC2=O)cc(Br)c1OCc1ccc(C)cc1. The first-order valence-electron chi connectivity index (χ1n) is 10.5. The number of benzene rings is 3. The first-order chi connectivity index (χ1) is 16.3. The number of aryl methyl sites for hydroxylation is 1. The predicted molar refractivity (Wildman–Crippen MR) is 148 cm³/mol. The van der Waals surface area contributed by atoms with Gasteiger partial charge in [0.05, 0.1) is 11.1 Å². The van der Waals surface area contributed by atoms with Crippen LogP contribution in [0.15, 0.2) is 74.2 Å². The topological polar surface area (TPSA) is 57.1 Å². The van der Waals surface area contributed by atoms with E-state index >= 15 is 0 Å². The minimum absolute atomic E-state index is 0.215. The third-order valence-electron chi connectivity index (χ3n) is 4.93. The molecule has 4 rings (SSSR count). The van der Waals surface area contributed by atoms with Crippen molar-refractivity contribution in [2.24, 2.45) is 4.99 Å². The average molecular weight is 697 g/mol. The lowest BCUT2D eigenvalue weighted by Crippen LogP contribution is -2.05. The van der Waals surface area contributed by atoms with Gasteiger partial charge < -0.3 is 14.2 Å². The molecule has 0 radical (unpaired) electrons. The third kappa shape index (κ3) is 5.90. The highest BCUT2D eigenvalue weighted by Crippen LogP contribution is 2.38. The van der Waals surface area contributed by atoms with Gasteiger partial charge in [-0.25, -0.2) is 9.79 Å². The Balaban J connectivity index is 1.61. The van der Waals surface area contributed by atoms with Gasteiger partial charge >= 0.3 is 5.97 Å². The summed E-state index contributed by atoms with van der Waals surface area (Å²) < 4.78 is 20.0. The molecule has 0 spiro atoms. The summed E-state index contributed by atoms with van der Waals surface area (Å²) in [7, 11) is 0. The van der Waals surface area contributed by atoms with Gasteiger partial charge in [0.2, 0.25) is 5.90 Å². The van der Waals surface area contributed by atoms with Crippen LogP contribution in [0.25, 0.3) is 6.08 Å². The van der Waals surface area contributed by atoms with Gasteiger partial charge in [-0.05, 0) is 116 Å². The zero-order chi connectivity index (χ0) is 24.2. The molecule has 0 aliphatic carbocycles. The fourth-order valence-electron chi connectivity index (χ4n) is 3.23. The van der Waals surface area contributed by atoms with Gasteiger partial charge in [-0.15, -0.1) is 0 Å². The van der Waals surface area contributed by atoms with Crippen molar-refractivity contribution in [2.75, 3.05) is 6.61 Å². The van der Waals surface area contributed by atoms with E-state index in [-0.39, 0.29) is 11.6 Å². The smallest absolute Gasteiger partial charge is 0.363 e. The first kappa shape index (κ1) is 24.9. The maximum Gasteiger partial charge on any atom is 0.363 e. The van der Waals surface area contributed by atoms with Crippen molar-refractivity contribution in [3.05, 3.63) is 95.1 Å². The molecule has 0 saturated heterocycles. The Morgan fingerprint density at radius 3 is 2.50 bits per heavy atom. The number of ether oxygens (including phenoxy) is 3. The molecular weight excluding hydrogens is 677 g/mol. The number of halogens is 3. The van der Waals surface area contributed by atoms with Crippen molar-refractivity contribution in [1.82, 2.24) is 0 Å². The molecular formula is C26H20Br2INO4. The summed E-state index contributed by atoms with van der Waals surface area (Å²) >= 11 is 9.31. The minimum atomic E-state index is -0.501. The van der Waals surface area contributed by atoms with Crippen molar-refractivity contribution in [3.63, 3.8) is 0 Å². The normalized spacial score (nSPS) is 14.2. The van der Waals surface area contributed by atoms with Gasteiger partial charge in [0.15, 0.2) is 17.2 Å². The highest BCUT2D eigenvalue weighted by Gasteiger charge is 2.25. The number of carbonyl (C=O) groups excluding carboxylic acids is 1. The Morgan fingerprint density at radius 2 is 1.79 bits per heavy atom. The molecule has 0 atom stereocenters. The maximum absolute atomic E-state index is 12.5. The van der Waals surface area contributed by atoms with Gasteiger partial charge in [-0.3, -0.25) is 0 Å². The average Bonchev–Trinajstić information content (AvgIpc) is 3.16. The lowest BCUT2D eigenvalue weighted by Gasteiger charge is -2.15. The molecule has 5 nitrogen and oxygen atoms in total. The highest BCUT2D eigenvalue weighted by atomic mass is 127.